The van der Waals surface area contributed by atoms with E-state index >= 15 is 0 Å². The van der Waals surface area contributed by atoms with Gasteiger partial charge in [0.05, 0.1) is 12.0 Å². The molecular formula is C14H19FN2O4. The quantitative estimate of drug-likeness (QED) is 0.744. The first kappa shape index (κ1) is 16.9. The van der Waals surface area contributed by atoms with Gasteiger partial charge in [0.15, 0.2) is 0 Å². The Bertz CT molecular complexity index is 519. The molecule has 2 amide bonds. The van der Waals surface area contributed by atoms with E-state index in [4.69, 9.17) is 5.11 Å². The van der Waals surface area contributed by atoms with Crippen molar-refractivity contribution >= 4 is 17.7 Å². The van der Waals surface area contributed by atoms with Gasteiger partial charge < -0.3 is 15.5 Å². The zero-order valence-corrected chi connectivity index (χ0v) is 12.0. The van der Waals surface area contributed by atoms with Gasteiger partial charge in [0, 0.05) is 18.8 Å². The number of aliphatic hydroxyl groups is 1. The maximum absolute atomic E-state index is 13.2. The Morgan fingerprint density at radius 2 is 2.10 bits per heavy atom. The molecule has 0 saturated carbocycles. The Morgan fingerprint density at radius 1 is 1.43 bits per heavy atom. The van der Waals surface area contributed by atoms with E-state index in [1.54, 1.807) is 13.0 Å². The number of nitrogens with zero attached hydrogens (tertiary/aromatic N) is 1. The topological polar surface area (TPSA) is 89.9 Å². The highest BCUT2D eigenvalue weighted by atomic mass is 19.1. The second-order valence-corrected chi connectivity index (χ2v) is 4.95. The fourth-order valence-electron chi connectivity index (χ4n) is 1.84. The SMILES string of the molecule is CCN(C(=O)NCC(C)(O)CC(=O)O)c1cccc(F)c1. The standard InChI is InChI=1S/C14H19FN2O4/c1-3-17(11-6-4-5-10(15)7-11)13(20)16-9-14(2,21)8-12(18)19/h4-7,21H,3,8-9H2,1-2H3,(H,16,20)(H,18,19). The fraction of sp³-hybridized carbons (Fsp3) is 0.429. The largest absolute Gasteiger partial charge is 0.481 e. The summed E-state index contributed by atoms with van der Waals surface area (Å²) in [6.07, 6.45) is -0.487. The first-order chi connectivity index (χ1) is 9.75. The highest BCUT2D eigenvalue weighted by Crippen LogP contribution is 2.16. The van der Waals surface area contributed by atoms with Gasteiger partial charge in [0.1, 0.15) is 5.82 Å². The maximum atomic E-state index is 13.2. The van der Waals surface area contributed by atoms with E-state index in [9.17, 15) is 19.1 Å². The number of carboxylic acid groups (broad SMARTS) is 1. The summed E-state index contributed by atoms with van der Waals surface area (Å²) in [5.41, 5.74) is -1.17. The summed E-state index contributed by atoms with van der Waals surface area (Å²) in [4.78, 5) is 23.9. The number of carbonyl (C=O) groups excluding carboxylic acids is 1. The normalized spacial score (nSPS) is 13.3. The summed E-state index contributed by atoms with van der Waals surface area (Å²) in [6.45, 7) is 3.13. The third kappa shape index (κ3) is 5.39. The average molecular weight is 298 g/mol. The molecule has 1 unspecified atom stereocenters. The number of aliphatic carboxylic acids is 1. The van der Waals surface area contributed by atoms with Gasteiger partial charge in [0.25, 0.3) is 0 Å². The molecule has 0 aromatic heterocycles. The lowest BCUT2D eigenvalue weighted by molar-refractivity contribution is -0.141. The van der Waals surface area contributed by atoms with E-state index < -0.39 is 29.8 Å². The Labute approximate surface area is 122 Å². The molecule has 0 fully saturated rings. The van der Waals surface area contributed by atoms with Gasteiger partial charge in [-0.15, -0.1) is 0 Å². The van der Waals surface area contributed by atoms with Crippen LogP contribution in [0, 0.1) is 5.82 Å². The highest BCUT2D eigenvalue weighted by Gasteiger charge is 2.26. The molecule has 7 heteroatoms. The van der Waals surface area contributed by atoms with E-state index in [0.717, 1.165) is 0 Å². The second-order valence-electron chi connectivity index (χ2n) is 4.95. The van der Waals surface area contributed by atoms with E-state index in [0.29, 0.717) is 12.2 Å². The summed E-state index contributed by atoms with van der Waals surface area (Å²) < 4.78 is 13.2. The minimum absolute atomic E-state index is 0.218. The lowest BCUT2D eigenvalue weighted by Crippen LogP contribution is -2.47. The molecule has 21 heavy (non-hydrogen) atoms. The van der Waals surface area contributed by atoms with Crippen LogP contribution in [0.5, 0.6) is 0 Å². The van der Waals surface area contributed by atoms with Gasteiger partial charge in [-0.3, -0.25) is 9.69 Å². The molecule has 1 rings (SSSR count). The first-order valence-corrected chi connectivity index (χ1v) is 6.50. The lowest BCUT2D eigenvalue weighted by atomic mass is 10.0. The predicted molar refractivity (Wildman–Crippen MR) is 75.7 cm³/mol. The Hall–Kier alpha value is -2.15. The number of urea groups is 1. The summed E-state index contributed by atoms with van der Waals surface area (Å²) in [6, 6.07) is 5.03. The Balaban J connectivity index is 2.70. The van der Waals surface area contributed by atoms with E-state index in [-0.39, 0.29) is 6.54 Å². The molecule has 1 atom stereocenters. The molecule has 116 valence electrons. The minimum Gasteiger partial charge on any atom is -0.481 e. The second kappa shape index (κ2) is 7.03. The molecule has 0 heterocycles. The van der Waals surface area contributed by atoms with E-state index in [1.165, 1.54) is 30.0 Å². The molecule has 1 aromatic rings. The Morgan fingerprint density at radius 3 is 2.62 bits per heavy atom. The van der Waals surface area contributed by atoms with Crippen molar-refractivity contribution in [1.29, 1.82) is 0 Å². The number of rotatable bonds is 6. The molecule has 0 saturated heterocycles. The monoisotopic (exact) mass is 298 g/mol. The first-order valence-electron chi connectivity index (χ1n) is 6.50. The number of carboxylic acids is 1. The van der Waals surface area contributed by atoms with Crippen LogP contribution in [0.25, 0.3) is 0 Å². The van der Waals surface area contributed by atoms with Gasteiger partial charge in [-0.2, -0.15) is 0 Å². The molecule has 1 aromatic carbocycles. The van der Waals surface area contributed by atoms with Crippen molar-refractivity contribution in [2.45, 2.75) is 25.9 Å². The van der Waals surface area contributed by atoms with E-state index in [2.05, 4.69) is 5.32 Å². The average Bonchev–Trinajstić information content (AvgIpc) is 2.36. The zero-order chi connectivity index (χ0) is 16.0. The number of benzene rings is 1. The summed E-state index contributed by atoms with van der Waals surface area (Å²) in [5, 5.41) is 20.9. The molecule has 0 radical (unpaired) electrons. The van der Waals surface area contributed by atoms with Gasteiger partial charge in [0.2, 0.25) is 0 Å². The molecule has 0 aliphatic carbocycles. The van der Waals surface area contributed by atoms with Crippen molar-refractivity contribution in [3.05, 3.63) is 30.1 Å². The van der Waals surface area contributed by atoms with Gasteiger partial charge in [-0.1, -0.05) is 6.07 Å². The summed E-state index contributed by atoms with van der Waals surface area (Å²) in [5.74, 6) is -1.62. The molecule has 0 aliphatic heterocycles. The number of amides is 2. The van der Waals surface area contributed by atoms with Crippen molar-refractivity contribution in [2.75, 3.05) is 18.0 Å². The molecule has 3 N–H and O–H groups in total. The van der Waals surface area contributed by atoms with Crippen LogP contribution < -0.4 is 10.2 Å². The van der Waals surface area contributed by atoms with Crippen molar-refractivity contribution < 1.29 is 24.2 Å². The zero-order valence-electron chi connectivity index (χ0n) is 12.0. The van der Waals surface area contributed by atoms with Gasteiger partial charge >= 0.3 is 12.0 Å². The highest BCUT2D eigenvalue weighted by molar-refractivity contribution is 5.91. The van der Waals surface area contributed by atoms with Crippen LogP contribution in [0.15, 0.2) is 24.3 Å². The fourth-order valence-corrected chi connectivity index (χ4v) is 1.84. The van der Waals surface area contributed by atoms with Crippen LogP contribution in [-0.2, 0) is 4.79 Å². The number of hydrogen-bond acceptors (Lipinski definition) is 3. The maximum Gasteiger partial charge on any atom is 0.321 e. The number of carbonyl (C=O) groups is 2. The van der Waals surface area contributed by atoms with Gasteiger partial charge in [-0.25, -0.2) is 9.18 Å². The van der Waals surface area contributed by atoms with Crippen LogP contribution >= 0.6 is 0 Å². The Kier molecular flexibility index (Phi) is 5.66. The van der Waals surface area contributed by atoms with Crippen molar-refractivity contribution in [2.24, 2.45) is 0 Å². The molecule has 6 nitrogen and oxygen atoms in total. The van der Waals surface area contributed by atoms with Gasteiger partial charge in [-0.05, 0) is 32.0 Å². The summed E-state index contributed by atoms with van der Waals surface area (Å²) >= 11 is 0. The van der Waals surface area contributed by atoms with Crippen LogP contribution in [0.2, 0.25) is 0 Å². The number of halogens is 1. The number of hydrogen-bond donors (Lipinski definition) is 3. The van der Waals surface area contributed by atoms with Crippen LogP contribution in [0.1, 0.15) is 20.3 Å². The molecule has 0 bridgehead atoms. The van der Waals surface area contributed by atoms with Crippen molar-refractivity contribution in [3.8, 4) is 0 Å². The molecular weight excluding hydrogens is 279 g/mol. The summed E-state index contributed by atoms with van der Waals surface area (Å²) in [7, 11) is 0. The minimum atomic E-state index is -1.55. The van der Waals surface area contributed by atoms with Crippen LogP contribution in [0.3, 0.4) is 0 Å². The third-order valence-electron chi connectivity index (χ3n) is 2.83. The predicted octanol–water partition coefficient (Wildman–Crippen LogP) is 1.59. The number of anilines is 1. The lowest BCUT2D eigenvalue weighted by Gasteiger charge is -2.26. The van der Waals surface area contributed by atoms with Crippen molar-refractivity contribution in [1.82, 2.24) is 5.32 Å². The third-order valence-corrected chi connectivity index (χ3v) is 2.83. The van der Waals surface area contributed by atoms with Crippen LogP contribution in [-0.4, -0.2) is 40.9 Å². The smallest absolute Gasteiger partial charge is 0.321 e. The van der Waals surface area contributed by atoms with Crippen LogP contribution in [0.4, 0.5) is 14.9 Å². The number of nitrogens with one attached hydrogen (secondary N) is 1. The van der Waals surface area contributed by atoms with Crippen molar-refractivity contribution in [3.63, 3.8) is 0 Å². The molecule has 0 aliphatic rings. The molecule has 0 spiro atoms. The van der Waals surface area contributed by atoms with E-state index in [1.807, 2.05) is 0 Å².